The van der Waals surface area contributed by atoms with Crippen LogP contribution in [-0.4, -0.2) is 9.85 Å². The standard InChI is InChI=1S/C12H7BrClN3O4/c13-9-3-1-7(5-10(9)14)15-11-4-2-8(16(18)19)6-12(11)17(20)21/h1-6,15H. The van der Waals surface area contributed by atoms with Gasteiger partial charge in [-0.25, -0.2) is 0 Å². The number of rotatable bonds is 4. The minimum atomic E-state index is -0.687. The fourth-order valence-corrected chi connectivity index (χ4v) is 2.05. The second kappa shape index (κ2) is 6.06. The van der Waals surface area contributed by atoms with Gasteiger partial charge in [-0.1, -0.05) is 11.6 Å². The molecule has 0 fully saturated rings. The predicted octanol–water partition coefficient (Wildman–Crippen LogP) is 4.66. The van der Waals surface area contributed by atoms with E-state index in [2.05, 4.69) is 21.2 Å². The number of nitro groups is 2. The molecule has 2 aromatic rings. The Morgan fingerprint density at radius 2 is 1.76 bits per heavy atom. The molecular weight excluding hydrogens is 366 g/mol. The normalized spacial score (nSPS) is 10.2. The van der Waals surface area contributed by atoms with Gasteiger partial charge in [-0.3, -0.25) is 20.2 Å². The lowest BCUT2D eigenvalue weighted by molar-refractivity contribution is -0.393. The monoisotopic (exact) mass is 371 g/mol. The highest BCUT2D eigenvalue weighted by Gasteiger charge is 2.19. The number of nitrogens with zero attached hydrogens (tertiary/aromatic N) is 2. The summed E-state index contributed by atoms with van der Waals surface area (Å²) in [5.41, 5.74) is -0.0616. The molecule has 0 unspecified atom stereocenters. The highest BCUT2D eigenvalue weighted by molar-refractivity contribution is 9.10. The Labute approximate surface area is 132 Å². The van der Waals surface area contributed by atoms with E-state index in [1.54, 1.807) is 18.2 Å². The van der Waals surface area contributed by atoms with Gasteiger partial charge in [0, 0.05) is 16.2 Å². The third kappa shape index (κ3) is 3.47. The minimum Gasteiger partial charge on any atom is -0.350 e. The smallest absolute Gasteiger partial charge is 0.299 e. The SMILES string of the molecule is O=[N+]([O-])c1ccc(Nc2ccc(Br)c(Cl)c2)c([N+](=O)[O-])c1. The quantitative estimate of drug-likeness (QED) is 0.621. The summed E-state index contributed by atoms with van der Waals surface area (Å²) in [6, 6.07) is 8.31. The third-order valence-corrected chi connectivity index (χ3v) is 3.82. The average Bonchev–Trinajstić information content (AvgIpc) is 2.43. The summed E-state index contributed by atoms with van der Waals surface area (Å²) in [6.07, 6.45) is 0. The van der Waals surface area contributed by atoms with Gasteiger partial charge in [-0.15, -0.1) is 0 Å². The van der Waals surface area contributed by atoms with Crippen molar-refractivity contribution in [2.75, 3.05) is 5.32 Å². The van der Waals surface area contributed by atoms with Crippen LogP contribution < -0.4 is 5.32 Å². The Hall–Kier alpha value is -2.19. The van der Waals surface area contributed by atoms with Crippen molar-refractivity contribution in [1.82, 2.24) is 0 Å². The minimum absolute atomic E-state index is 0.143. The van der Waals surface area contributed by atoms with Crippen LogP contribution in [0, 0.1) is 20.2 Å². The Morgan fingerprint density at radius 3 is 2.33 bits per heavy atom. The first-order chi connectivity index (χ1) is 9.88. The van der Waals surface area contributed by atoms with Crippen molar-refractivity contribution in [3.05, 3.63) is 66.1 Å². The van der Waals surface area contributed by atoms with E-state index >= 15 is 0 Å². The van der Waals surface area contributed by atoms with Gasteiger partial charge in [0.15, 0.2) is 0 Å². The summed E-state index contributed by atoms with van der Waals surface area (Å²) in [5, 5.41) is 24.9. The molecule has 108 valence electrons. The second-order valence-electron chi connectivity index (χ2n) is 3.97. The van der Waals surface area contributed by atoms with Crippen molar-refractivity contribution in [3.8, 4) is 0 Å². The molecule has 2 aromatic carbocycles. The molecule has 0 aliphatic heterocycles. The molecule has 7 nitrogen and oxygen atoms in total. The summed E-state index contributed by atoms with van der Waals surface area (Å²) in [6.45, 7) is 0. The summed E-state index contributed by atoms with van der Waals surface area (Å²) >= 11 is 9.17. The highest BCUT2D eigenvalue weighted by Crippen LogP contribution is 2.33. The van der Waals surface area contributed by atoms with Gasteiger partial charge in [0.2, 0.25) is 0 Å². The molecule has 0 aliphatic carbocycles. The molecule has 0 radical (unpaired) electrons. The summed E-state index contributed by atoms with van der Waals surface area (Å²) in [5.74, 6) is 0. The van der Waals surface area contributed by atoms with Crippen LogP contribution in [0.15, 0.2) is 40.9 Å². The van der Waals surface area contributed by atoms with Gasteiger partial charge in [-0.05, 0) is 40.2 Å². The predicted molar refractivity (Wildman–Crippen MR) is 82.2 cm³/mol. The highest BCUT2D eigenvalue weighted by atomic mass is 79.9. The molecular formula is C12H7BrClN3O4. The lowest BCUT2D eigenvalue weighted by Crippen LogP contribution is -1.98. The molecule has 0 aromatic heterocycles. The molecule has 1 N–H and O–H groups in total. The van der Waals surface area contributed by atoms with E-state index in [0.717, 1.165) is 6.07 Å². The number of hydrogen-bond acceptors (Lipinski definition) is 5. The maximum atomic E-state index is 11.0. The zero-order valence-electron chi connectivity index (χ0n) is 10.2. The Bertz CT molecular complexity index is 738. The maximum absolute atomic E-state index is 11.0. The van der Waals surface area contributed by atoms with Gasteiger partial charge in [0.1, 0.15) is 5.69 Å². The Balaban J connectivity index is 2.41. The lowest BCUT2D eigenvalue weighted by atomic mass is 10.2. The average molecular weight is 373 g/mol. The topological polar surface area (TPSA) is 98.3 Å². The summed E-state index contributed by atoms with van der Waals surface area (Å²) in [7, 11) is 0. The van der Waals surface area contributed by atoms with Gasteiger partial charge >= 0.3 is 0 Å². The lowest BCUT2D eigenvalue weighted by Gasteiger charge is -2.08. The molecule has 9 heteroatoms. The second-order valence-corrected chi connectivity index (χ2v) is 5.23. The number of hydrogen-bond donors (Lipinski definition) is 1. The fraction of sp³-hybridized carbons (Fsp3) is 0. The molecule has 21 heavy (non-hydrogen) atoms. The molecule has 0 spiro atoms. The van der Waals surface area contributed by atoms with Crippen molar-refractivity contribution in [2.24, 2.45) is 0 Å². The van der Waals surface area contributed by atoms with E-state index in [0.29, 0.717) is 15.2 Å². The van der Waals surface area contributed by atoms with Crippen molar-refractivity contribution in [3.63, 3.8) is 0 Å². The van der Waals surface area contributed by atoms with E-state index in [4.69, 9.17) is 11.6 Å². The number of nitro benzene ring substituents is 2. The molecule has 2 rings (SSSR count). The first kappa shape index (κ1) is 15.2. The number of non-ortho nitro benzene ring substituents is 1. The van der Waals surface area contributed by atoms with Crippen LogP contribution in [-0.2, 0) is 0 Å². The van der Waals surface area contributed by atoms with Crippen molar-refractivity contribution < 1.29 is 9.85 Å². The van der Waals surface area contributed by atoms with Crippen molar-refractivity contribution in [1.29, 1.82) is 0 Å². The summed E-state index contributed by atoms with van der Waals surface area (Å²) in [4.78, 5) is 20.3. The number of nitrogens with one attached hydrogen (secondary N) is 1. The van der Waals surface area contributed by atoms with Crippen LogP contribution in [0.2, 0.25) is 5.02 Å². The zero-order chi connectivity index (χ0) is 15.6. The first-order valence-corrected chi connectivity index (χ1v) is 6.70. The zero-order valence-corrected chi connectivity index (χ0v) is 12.6. The van der Waals surface area contributed by atoms with Gasteiger partial charge in [-0.2, -0.15) is 0 Å². The molecule has 0 amide bonds. The summed E-state index contributed by atoms with van der Waals surface area (Å²) < 4.78 is 0.688. The van der Waals surface area contributed by atoms with Crippen molar-refractivity contribution >= 4 is 50.3 Å². The number of halogens is 2. The molecule has 0 saturated heterocycles. The van der Waals surface area contributed by atoms with Gasteiger partial charge in [0.25, 0.3) is 11.4 Å². The van der Waals surface area contributed by atoms with Crippen molar-refractivity contribution in [2.45, 2.75) is 0 Å². The number of anilines is 2. The van der Waals surface area contributed by atoms with Crippen LogP contribution in [0.5, 0.6) is 0 Å². The van der Waals surface area contributed by atoms with Gasteiger partial charge < -0.3 is 5.32 Å². The van der Waals surface area contributed by atoms with Crippen LogP contribution in [0.4, 0.5) is 22.7 Å². The Kier molecular flexibility index (Phi) is 4.39. The van der Waals surface area contributed by atoms with Gasteiger partial charge in [0.05, 0.1) is 20.9 Å². The largest absolute Gasteiger partial charge is 0.350 e. The number of benzene rings is 2. The van der Waals surface area contributed by atoms with E-state index < -0.39 is 9.85 Å². The first-order valence-electron chi connectivity index (χ1n) is 5.53. The molecule has 0 heterocycles. The Morgan fingerprint density at radius 1 is 1.05 bits per heavy atom. The van der Waals surface area contributed by atoms with Crippen LogP contribution in [0.25, 0.3) is 0 Å². The third-order valence-electron chi connectivity index (χ3n) is 2.59. The van der Waals surface area contributed by atoms with E-state index in [-0.39, 0.29) is 17.1 Å². The molecule has 0 atom stereocenters. The maximum Gasteiger partial charge on any atom is 0.299 e. The van der Waals surface area contributed by atoms with E-state index in [1.807, 2.05) is 0 Å². The van der Waals surface area contributed by atoms with Crippen LogP contribution in [0.3, 0.4) is 0 Å². The van der Waals surface area contributed by atoms with Crippen LogP contribution in [0.1, 0.15) is 0 Å². The van der Waals surface area contributed by atoms with E-state index in [1.165, 1.54) is 12.1 Å². The fourth-order valence-electron chi connectivity index (χ4n) is 1.62. The molecule has 0 bridgehead atoms. The molecule has 0 saturated carbocycles. The van der Waals surface area contributed by atoms with E-state index in [9.17, 15) is 20.2 Å². The van der Waals surface area contributed by atoms with Crippen LogP contribution >= 0.6 is 27.5 Å². The molecule has 0 aliphatic rings.